The van der Waals surface area contributed by atoms with Crippen LogP contribution in [0.15, 0.2) is 18.2 Å². The summed E-state index contributed by atoms with van der Waals surface area (Å²) in [5.41, 5.74) is 2.05. The van der Waals surface area contributed by atoms with Crippen molar-refractivity contribution in [2.24, 2.45) is 5.92 Å². The summed E-state index contributed by atoms with van der Waals surface area (Å²) in [6, 6.07) is 5.54. The van der Waals surface area contributed by atoms with Crippen molar-refractivity contribution in [2.75, 3.05) is 46.4 Å². The van der Waals surface area contributed by atoms with E-state index in [9.17, 15) is 19.5 Å². The van der Waals surface area contributed by atoms with Crippen LogP contribution < -0.4 is 4.74 Å². The van der Waals surface area contributed by atoms with Crippen LogP contribution in [0.4, 0.5) is 0 Å². The van der Waals surface area contributed by atoms with Gasteiger partial charge in [0.1, 0.15) is 5.75 Å². The molecule has 35 heavy (non-hydrogen) atoms. The molecule has 2 aliphatic heterocycles. The summed E-state index contributed by atoms with van der Waals surface area (Å²) in [5, 5.41) is 11.7. The molecular weight excluding hydrogens is 450 g/mol. The lowest BCUT2D eigenvalue weighted by atomic mass is 9.83. The molecule has 2 aliphatic rings. The number of hydroxylamine groups is 2. The van der Waals surface area contributed by atoms with Gasteiger partial charge < -0.3 is 14.7 Å². The first-order chi connectivity index (χ1) is 16.8. The summed E-state index contributed by atoms with van der Waals surface area (Å²) in [7, 11) is 1.71. The molecule has 9 nitrogen and oxygen atoms in total. The molecule has 3 atom stereocenters. The maximum Gasteiger partial charge on any atom is 0.308 e. The normalized spacial score (nSPS) is 21.4. The van der Waals surface area contributed by atoms with Crippen LogP contribution in [0.25, 0.3) is 0 Å². The Morgan fingerprint density at radius 1 is 1.20 bits per heavy atom. The molecule has 9 heteroatoms. The number of hydrogen-bond acceptors (Lipinski definition) is 6. The number of carbonyl (C=O) groups excluding carboxylic acids is 2. The standard InChI is InChI=1S/C26H39N3O6/c1-5-11-29(35-13-6-2)24(31)17-28-16-21(19-7-8-23-20(15-19)10-14-34-23)25(26(32)33)22(28)9-12-27(4)18(3)30/h7-8,15,21-22,25H,5-6,9-14,16-17H2,1-4H3,(H,32,33)/t21-,22+,25-/m1/s1. The second-order valence-corrected chi connectivity index (χ2v) is 9.49. The van der Waals surface area contributed by atoms with E-state index in [0.717, 1.165) is 36.1 Å². The lowest BCUT2D eigenvalue weighted by Gasteiger charge is -2.30. The van der Waals surface area contributed by atoms with Crippen LogP contribution in [-0.4, -0.2) is 90.2 Å². The highest BCUT2D eigenvalue weighted by Crippen LogP contribution is 2.41. The molecule has 1 saturated heterocycles. The maximum atomic E-state index is 13.2. The lowest BCUT2D eigenvalue weighted by molar-refractivity contribution is -0.188. The number of carbonyl (C=O) groups is 3. The Morgan fingerprint density at radius 3 is 2.63 bits per heavy atom. The molecule has 0 aromatic heterocycles. The highest BCUT2D eigenvalue weighted by atomic mass is 16.7. The number of aliphatic carboxylic acids is 1. The number of likely N-dealkylation sites (tertiary alicyclic amines) is 1. The largest absolute Gasteiger partial charge is 0.493 e. The van der Waals surface area contributed by atoms with Crippen molar-refractivity contribution in [3.8, 4) is 5.75 Å². The van der Waals surface area contributed by atoms with E-state index < -0.39 is 11.9 Å². The molecule has 1 aromatic carbocycles. The van der Waals surface area contributed by atoms with Gasteiger partial charge in [-0.05, 0) is 36.5 Å². The monoisotopic (exact) mass is 489 g/mol. The number of carboxylic acids is 1. The zero-order valence-electron chi connectivity index (χ0n) is 21.4. The van der Waals surface area contributed by atoms with Gasteiger partial charge in [-0.15, -0.1) is 0 Å². The minimum atomic E-state index is -0.884. The lowest BCUT2D eigenvalue weighted by Crippen LogP contribution is -2.45. The smallest absolute Gasteiger partial charge is 0.308 e. The van der Waals surface area contributed by atoms with Crippen LogP contribution >= 0.6 is 0 Å². The van der Waals surface area contributed by atoms with E-state index in [1.807, 2.05) is 30.9 Å². The van der Waals surface area contributed by atoms with Crippen LogP contribution in [0.1, 0.15) is 57.1 Å². The minimum Gasteiger partial charge on any atom is -0.493 e. The molecule has 0 bridgehead atoms. The number of carboxylic acid groups (broad SMARTS) is 1. The van der Waals surface area contributed by atoms with Crippen molar-refractivity contribution in [2.45, 2.75) is 58.4 Å². The first kappa shape index (κ1) is 26.9. The third-order valence-corrected chi connectivity index (χ3v) is 6.97. The zero-order valence-corrected chi connectivity index (χ0v) is 21.4. The van der Waals surface area contributed by atoms with Crippen LogP contribution in [0, 0.1) is 5.92 Å². The van der Waals surface area contributed by atoms with E-state index in [2.05, 4.69) is 6.07 Å². The van der Waals surface area contributed by atoms with Crippen LogP contribution in [-0.2, 0) is 25.6 Å². The van der Waals surface area contributed by atoms with Crippen molar-refractivity contribution < 1.29 is 29.1 Å². The van der Waals surface area contributed by atoms with Gasteiger partial charge in [-0.2, -0.15) is 0 Å². The van der Waals surface area contributed by atoms with Gasteiger partial charge in [-0.3, -0.25) is 24.1 Å². The Balaban J connectivity index is 1.87. The molecule has 0 unspecified atom stereocenters. The number of nitrogens with zero attached hydrogens (tertiary/aromatic N) is 3. The molecule has 1 fully saturated rings. The van der Waals surface area contributed by atoms with E-state index in [0.29, 0.717) is 39.3 Å². The fourth-order valence-electron chi connectivity index (χ4n) is 5.03. The summed E-state index contributed by atoms with van der Waals surface area (Å²) in [6.45, 7) is 7.99. The van der Waals surface area contributed by atoms with Gasteiger partial charge in [0.15, 0.2) is 0 Å². The van der Waals surface area contributed by atoms with Crippen molar-refractivity contribution in [3.05, 3.63) is 29.3 Å². The fraction of sp³-hybridized carbons (Fsp3) is 0.654. The Kier molecular flexibility index (Phi) is 9.51. The van der Waals surface area contributed by atoms with Crippen LogP contribution in [0.3, 0.4) is 0 Å². The number of fused-ring (bicyclic) bond motifs is 1. The van der Waals surface area contributed by atoms with Crippen molar-refractivity contribution >= 4 is 17.8 Å². The zero-order chi connectivity index (χ0) is 25.5. The summed E-state index contributed by atoms with van der Waals surface area (Å²) in [5.74, 6) is -1.24. The second kappa shape index (κ2) is 12.4. The Labute approximate surface area is 207 Å². The predicted octanol–water partition coefficient (Wildman–Crippen LogP) is 2.54. The highest BCUT2D eigenvalue weighted by Gasteiger charge is 2.47. The Morgan fingerprint density at radius 2 is 1.97 bits per heavy atom. The first-order valence-electron chi connectivity index (χ1n) is 12.6. The van der Waals surface area contributed by atoms with Gasteiger partial charge in [0.25, 0.3) is 5.91 Å². The van der Waals surface area contributed by atoms with Gasteiger partial charge >= 0.3 is 5.97 Å². The number of benzene rings is 1. The van der Waals surface area contributed by atoms with E-state index in [1.165, 1.54) is 12.0 Å². The predicted molar refractivity (Wildman–Crippen MR) is 131 cm³/mol. The summed E-state index contributed by atoms with van der Waals surface area (Å²) in [6.07, 6.45) is 2.83. The number of amides is 2. The van der Waals surface area contributed by atoms with Gasteiger partial charge in [0, 0.05) is 52.0 Å². The van der Waals surface area contributed by atoms with Crippen LogP contribution in [0.5, 0.6) is 5.75 Å². The van der Waals surface area contributed by atoms with Crippen molar-refractivity contribution in [1.82, 2.24) is 14.9 Å². The molecule has 3 rings (SSSR count). The SMILES string of the molecule is CCCON(CCC)C(=O)CN1C[C@H](c2ccc3c(c2)CCO3)[C@@H](C(=O)O)[C@@H]1CCN(C)C(C)=O. The van der Waals surface area contributed by atoms with E-state index in [4.69, 9.17) is 9.57 Å². The number of ether oxygens (including phenoxy) is 1. The van der Waals surface area contributed by atoms with E-state index in [-0.39, 0.29) is 30.3 Å². The van der Waals surface area contributed by atoms with E-state index >= 15 is 0 Å². The molecule has 0 saturated carbocycles. The fourth-order valence-corrected chi connectivity index (χ4v) is 5.03. The summed E-state index contributed by atoms with van der Waals surface area (Å²) in [4.78, 5) is 46.8. The highest BCUT2D eigenvalue weighted by molar-refractivity contribution is 5.78. The van der Waals surface area contributed by atoms with Gasteiger partial charge in [0.2, 0.25) is 5.91 Å². The Hall–Kier alpha value is -2.65. The molecule has 0 aliphatic carbocycles. The molecule has 0 radical (unpaired) electrons. The maximum absolute atomic E-state index is 13.2. The minimum absolute atomic E-state index is 0.0743. The molecule has 2 amide bonds. The summed E-state index contributed by atoms with van der Waals surface area (Å²) >= 11 is 0. The third-order valence-electron chi connectivity index (χ3n) is 6.97. The summed E-state index contributed by atoms with van der Waals surface area (Å²) < 4.78 is 5.63. The van der Waals surface area contributed by atoms with Crippen molar-refractivity contribution in [3.63, 3.8) is 0 Å². The molecule has 0 spiro atoms. The van der Waals surface area contributed by atoms with E-state index in [1.54, 1.807) is 11.9 Å². The van der Waals surface area contributed by atoms with Gasteiger partial charge in [-0.1, -0.05) is 26.0 Å². The average Bonchev–Trinajstić information content (AvgIpc) is 3.43. The molecule has 1 N–H and O–H groups in total. The van der Waals surface area contributed by atoms with Gasteiger partial charge in [-0.25, -0.2) is 5.06 Å². The number of rotatable bonds is 12. The molecule has 194 valence electrons. The first-order valence-corrected chi connectivity index (χ1v) is 12.6. The Bertz CT molecular complexity index is 907. The number of hydrogen-bond donors (Lipinski definition) is 1. The average molecular weight is 490 g/mol. The quantitative estimate of drug-likeness (QED) is 0.451. The molecule has 2 heterocycles. The second-order valence-electron chi connectivity index (χ2n) is 9.49. The molecule has 1 aromatic rings. The topological polar surface area (TPSA) is 99.6 Å². The molecular formula is C26H39N3O6. The van der Waals surface area contributed by atoms with Crippen molar-refractivity contribution in [1.29, 1.82) is 0 Å². The van der Waals surface area contributed by atoms with Gasteiger partial charge in [0.05, 0.1) is 25.7 Å². The van der Waals surface area contributed by atoms with Crippen LogP contribution in [0.2, 0.25) is 0 Å². The third kappa shape index (κ3) is 6.52.